The van der Waals surface area contributed by atoms with Gasteiger partial charge in [-0.25, -0.2) is 0 Å². The molecule has 1 amide bonds. The smallest absolute Gasteiger partial charge is 0.224 e. The fourth-order valence-corrected chi connectivity index (χ4v) is 2.66. The Labute approximate surface area is 97.2 Å². The van der Waals surface area contributed by atoms with E-state index in [-0.39, 0.29) is 17.9 Å². The van der Waals surface area contributed by atoms with Gasteiger partial charge in [0.05, 0.1) is 6.07 Å². The van der Waals surface area contributed by atoms with Crippen LogP contribution in [0.15, 0.2) is 0 Å². The van der Waals surface area contributed by atoms with Gasteiger partial charge in [-0.15, -0.1) is 0 Å². The van der Waals surface area contributed by atoms with Gasteiger partial charge in [0, 0.05) is 5.92 Å². The number of nitriles is 1. The Hall–Kier alpha value is -1.04. The monoisotopic (exact) mass is 220 g/mol. The van der Waals surface area contributed by atoms with Crippen LogP contribution < -0.4 is 5.32 Å². The van der Waals surface area contributed by atoms with Crippen molar-refractivity contribution in [1.82, 2.24) is 5.32 Å². The van der Waals surface area contributed by atoms with Crippen molar-refractivity contribution in [3.63, 3.8) is 0 Å². The molecule has 16 heavy (non-hydrogen) atoms. The zero-order valence-electron chi connectivity index (χ0n) is 9.74. The average molecular weight is 220 g/mol. The number of rotatable bonds is 3. The molecular weight excluding hydrogens is 200 g/mol. The standard InChI is InChI=1S/C13H20N2O/c14-9-12(10-5-2-1-3-6-10)15-13(16)11-7-4-8-11/h10-12H,1-8H2,(H,15,16). The summed E-state index contributed by atoms with van der Waals surface area (Å²) in [7, 11) is 0. The maximum Gasteiger partial charge on any atom is 0.224 e. The molecule has 2 fully saturated rings. The van der Waals surface area contributed by atoms with Gasteiger partial charge < -0.3 is 5.32 Å². The second kappa shape index (κ2) is 5.34. The number of nitrogens with zero attached hydrogens (tertiary/aromatic N) is 1. The Balaban J connectivity index is 1.84. The number of hydrogen-bond donors (Lipinski definition) is 1. The van der Waals surface area contributed by atoms with Crippen LogP contribution in [0.2, 0.25) is 0 Å². The summed E-state index contributed by atoms with van der Waals surface area (Å²) >= 11 is 0. The fourth-order valence-electron chi connectivity index (χ4n) is 2.66. The molecule has 0 aromatic heterocycles. The zero-order valence-corrected chi connectivity index (χ0v) is 9.74. The summed E-state index contributed by atoms with van der Waals surface area (Å²) in [4.78, 5) is 11.8. The summed E-state index contributed by atoms with van der Waals surface area (Å²) in [6.07, 6.45) is 9.09. The first kappa shape index (κ1) is 11.4. The first-order chi connectivity index (χ1) is 7.81. The summed E-state index contributed by atoms with van der Waals surface area (Å²) in [6, 6.07) is 2.03. The lowest BCUT2D eigenvalue weighted by molar-refractivity contribution is -0.128. The van der Waals surface area contributed by atoms with Crippen molar-refractivity contribution in [2.45, 2.75) is 57.4 Å². The first-order valence-corrected chi connectivity index (χ1v) is 6.51. The van der Waals surface area contributed by atoms with Crippen LogP contribution in [0.1, 0.15) is 51.4 Å². The molecule has 0 aliphatic heterocycles. The highest BCUT2D eigenvalue weighted by molar-refractivity contribution is 5.80. The predicted molar refractivity (Wildman–Crippen MR) is 61.5 cm³/mol. The van der Waals surface area contributed by atoms with E-state index in [1.807, 2.05) is 0 Å². The van der Waals surface area contributed by atoms with Crippen LogP contribution in [0.25, 0.3) is 0 Å². The van der Waals surface area contributed by atoms with Crippen LogP contribution >= 0.6 is 0 Å². The second-order valence-corrected chi connectivity index (χ2v) is 5.14. The molecule has 0 spiro atoms. The average Bonchev–Trinajstić information content (AvgIpc) is 2.24. The summed E-state index contributed by atoms with van der Waals surface area (Å²) in [5.74, 6) is 0.700. The number of carbonyl (C=O) groups excluding carboxylic acids is 1. The topological polar surface area (TPSA) is 52.9 Å². The molecule has 2 rings (SSSR count). The Bertz CT molecular complexity index is 285. The second-order valence-electron chi connectivity index (χ2n) is 5.14. The lowest BCUT2D eigenvalue weighted by Crippen LogP contribution is -2.44. The Morgan fingerprint density at radius 1 is 1.12 bits per heavy atom. The largest absolute Gasteiger partial charge is 0.340 e. The van der Waals surface area contributed by atoms with Gasteiger partial charge in [0.2, 0.25) is 5.91 Å². The van der Waals surface area contributed by atoms with Crippen molar-refractivity contribution in [2.75, 3.05) is 0 Å². The summed E-state index contributed by atoms with van der Waals surface area (Å²) in [5, 5.41) is 12.1. The number of amides is 1. The van der Waals surface area contributed by atoms with Gasteiger partial charge in [-0.05, 0) is 31.6 Å². The van der Waals surface area contributed by atoms with Crippen LogP contribution in [0.4, 0.5) is 0 Å². The SMILES string of the molecule is N#CC(NC(=O)C1CCC1)C1CCCCC1. The predicted octanol–water partition coefficient (Wildman–Crippen LogP) is 2.38. The van der Waals surface area contributed by atoms with Gasteiger partial charge in [0.15, 0.2) is 0 Å². The van der Waals surface area contributed by atoms with Gasteiger partial charge in [-0.1, -0.05) is 25.7 Å². The lowest BCUT2D eigenvalue weighted by Gasteiger charge is -2.30. The summed E-state index contributed by atoms with van der Waals surface area (Å²) in [5.41, 5.74) is 0. The third kappa shape index (κ3) is 2.55. The molecule has 2 aliphatic rings. The minimum atomic E-state index is -0.242. The third-order valence-corrected chi connectivity index (χ3v) is 4.03. The minimum Gasteiger partial charge on any atom is -0.340 e. The highest BCUT2D eigenvalue weighted by Gasteiger charge is 2.30. The Morgan fingerprint density at radius 2 is 1.81 bits per heavy atom. The van der Waals surface area contributed by atoms with Gasteiger partial charge >= 0.3 is 0 Å². The molecule has 88 valence electrons. The number of carbonyl (C=O) groups is 1. The van der Waals surface area contributed by atoms with E-state index in [1.54, 1.807) is 0 Å². The molecule has 3 nitrogen and oxygen atoms in total. The van der Waals surface area contributed by atoms with E-state index in [2.05, 4.69) is 11.4 Å². The van der Waals surface area contributed by atoms with E-state index in [0.717, 1.165) is 25.7 Å². The van der Waals surface area contributed by atoms with Crippen molar-refractivity contribution in [3.8, 4) is 6.07 Å². The van der Waals surface area contributed by atoms with Crippen LogP contribution in [-0.2, 0) is 4.79 Å². The molecular formula is C13H20N2O. The van der Waals surface area contributed by atoms with Crippen LogP contribution in [0, 0.1) is 23.2 Å². The van der Waals surface area contributed by atoms with Crippen LogP contribution in [-0.4, -0.2) is 11.9 Å². The van der Waals surface area contributed by atoms with E-state index in [0.29, 0.717) is 5.92 Å². The van der Waals surface area contributed by atoms with Crippen molar-refractivity contribution in [1.29, 1.82) is 5.26 Å². The number of hydrogen-bond acceptors (Lipinski definition) is 2. The van der Waals surface area contributed by atoms with E-state index in [9.17, 15) is 4.79 Å². The van der Waals surface area contributed by atoms with Crippen LogP contribution in [0.5, 0.6) is 0 Å². The van der Waals surface area contributed by atoms with Gasteiger partial charge in [-0.2, -0.15) is 5.26 Å². The zero-order chi connectivity index (χ0) is 11.4. The maximum absolute atomic E-state index is 11.8. The molecule has 0 aromatic rings. The maximum atomic E-state index is 11.8. The summed E-state index contributed by atoms with van der Waals surface area (Å²) in [6.45, 7) is 0. The van der Waals surface area contributed by atoms with Crippen LogP contribution in [0.3, 0.4) is 0 Å². The van der Waals surface area contributed by atoms with Crippen molar-refractivity contribution < 1.29 is 4.79 Å². The van der Waals surface area contributed by atoms with E-state index in [1.165, 1.54) is 25.7 Å². The molecule has 2 aliphatic carbocycles. The van der Waals surface area contributed by atoms with E-state index in [4.69, 9.17) is 5.26 Å². The fraction of sp³-hybridized carbons (Fsp3) is 0.846. The van der Waals surface area contributed by atoms with E-state index >= 15 is 0 Å². The third-order valence-electron chi connectivity index (χ3n) is 4.03. The molecule has 0 bridgehead atoms. The normalized spacial score (nSPS) is 24.2. The molecule has 1 unspecified atom stereocenters. The first-order valence-electron chi connectivity index (χ1n) is 6.51. The van der Waals surface area contributed by atoms with Crippen molar-refractivity contribution in [2.24, 2.45) is 11.8 Å². The molecule has 2 saturated carbocycles. The van der Waals surface area contributed by atoms with Gasteiger partial charge in [-0.3, -0.25) is 4.79 Å². The molecule has 0 aromatic carbocycles. The quantitative estimate of drug-likeness (QED) is 0.794. The minimum absolute atomic E-state index is 0.114. The van der Waals surface area contributed by atoms with Crippen molar-refractivity contribution >= 4 is 5.91 Å². The Kier molecular flexibility index (Phi) is 3.82. The lowest BCUT2D eigenvalue weighted by atomic mass is 9.82. The molecule has 3 heteroatoms. The van der Waals surface area contributed by atoms with Crippen molar-refractivity contribution in [3.05, 3.63) is 0 Å². The molecule has 0 radical (unpaired) electrons. The highest BCUT2D eigenvalue weighted by Crippen LogP contribution is 2.29. The Morgan fingerprint density at radius 3 is 2.31 bits per heavy atom. The number of nitrogens with one attached hydrogen (secondary N) is 1. The van der Waals surface area contributed by atoms with Gasteiger partial charge in [0.1, 0.15) is 6.04 Å². The molecule has 1 atom stereocenters. The van der Waals surface area contributed by atoms with Gasteiger partial charge in [0.25, 0.3) is 0 Å². The molecule has 0 heterocycles. The highest BCUT2D eigenvalue weighted by atomic mass is 16.2. The summed E-state index contributed by atoms with van der Waals surface area (Å²) < 4.78 is 0. The molecule has 1 N–H and O–H groups in total. The molecule has 0 saturated heterocycles. The van der Waals surface area contributed by atoms with E-state index < -0.39 is 0 Å².